The third-order valence-corrected chi connectivity index (χ3v) is 5.46. The zero-order valence-corrected chi connectivity index (χ0v) is 14.5. The fourth-order valence-electron chi connectivity index (χ4n) is 4.15. The second kappa shape index (κ2) is 7.36. The van der Waals surface area contributed by atoms with Crippen molar-refractivity contribution in [1.82, 2.24) is 10.2 Å². The van der Waals surface area contributed by atoms with Crippen LogP contribution in [0.25, 0.3) is 0 Å². The summed E-state index contributed by atoms with van der Waals surface area (Å²) in [6.45, 7) is 3.93. The summed E-state index contributed by atoms with van der Waals surface area (Å²) in [7, 11) is 0. The monoisotopic (exact) mass is 354 g/mol. The lowest BCUT2D eigenvalue weighted by Crippen LogP contribution is -2.47. The summed E-state index contributed by atoms with van der Waals surface area (Å²) < 4.78 is 38.6. The molecule has 1 saturated carbocycles. The van der Waals surface area contributed by atoms with Gasteiger partial charge in [0.25, 0.3) is 5.91 Å². The maximum atomic E-state index is 12.9. The SMILES string of the molecule is CCc1cc(C(F)(F)F)ccc1C(=O)N[C@@H]1CCC[C@@H]1N1CCCC1. The molecular weight excluding hydrogens is 329 g/mol. The van der Waals surface area contributed by atoms with Crippen LogP contribution in [0.2, 0.25) is 0 Å². The van der Waals surface area contributed by atoms with Crippen molar-refractivity contribution < 1.29 is 18.0 Å². The molecule has 1 amide bonds. The molecule has 6 heteroatoms. The molecule has 0 spiro atoms. The van der Waals surface area contributed by atoms with Crippen LogP contribution in [0.1, 0.15) is 60.5 Å². The van der Waals surface area contributed by atoms with E-state index < -0.39 is 11.7 Å². The Labute approximate surface area is 146 Å². The largest absolute Gasteiger partial charge is 0.416 e. The van der Waals surface area contributed by atoms with Gasteiger partial charge in [-0.3, -0.25) is 9.69 Å². The first-order valence-corrected chi connectivity index (χ1v) is 9.15. The van der Waals surface area contributed by atoms with Crippen molar-refractivity contribution in [3.05, 3.63) is 34.9 Å². The zero-order valence-electron chi connectivity index (χ0n) is 14.5. The predicted octanol–water partition coefficient (Wildman–Crippen LogP) is 4.01. The highest BCUT2D eigenvalue weighted by molar-refractivity contribution is 5.96. The van der Waals surface area contributed by atoms with Gasteiger partial charge in [0.15, 0.2) is 0 Å². The van der Waals surface area contributed by atoms with Crippen molar-refractivity contribution in [2.75, 3.05) is 13.1 Å². The predicted molar refractivity (Wildman–Crippen MR) is 90.5 cm³/mol. The van der Waals surface area contributed by atoms with Crippen LogP contribution in [-0.4, -0.2) is 36.0 Å². The quantitative estimate of drug-likeness (QED) is 0.886. The van der Waals surface area contributed by atoms with Crippen molar-refractivity contribution in [3.63, 3.8) is 0 Å². The molecule has 25 heavy (non-hydrogen) atoms. The first-order chi connectivity index (χ1) is 11.9. The molecule has 3 nitrogen and oxygen atoms in total. The number of likely N-dealkylation sites (tertiary alicyclic amines) is 1. The molecule has 1 aliphatic heterocycles. The molecular formula is C19H25F3N2O. The molecule has 1 heterocycles. The van der Waals surface area contributed by atoms with Gasteiger partial charge in [-0.25, -0.2) is 0 Å². The van der Waals surface area contributed by atoms with E-state index in [0.29, 0.717) is 23.6 Å². The number of alkyl halides is 3. The summed E-state index contributed by atoms with van der Waals surface area (Å²) in [6, 6.07) is 3.88. The molecule has 0 radical (unpaired) electrons. The molecule has 1 N–H and O–H groups in total. The van der Waals surface area contributed by atoms with Crippen LogP contribution in [0.4, 0.5) is 13.2 Å². The van der Waals surface area contributed by atoms with Crippen LogP contribution >= 0.6 is 0 Å². The van der Waals surface area contributed by atoms with Crippen LogP contribution in [0.3, 0.4) is 0 Å². The van der Waals surface area contributed by atoms with Crippen molar-refractivity contribution in [1.29, 1.82) is 0 Å². The summed E-state index contributed by atoms with van der Waals surface area (Å²) in [5.74, 6) is -0.248. The van der Waals surface area contributed by atoms with Gasteiger partial charge in [0.1, 0.15) is 0 Å². The molecule has 1 aromatic carbocycles. The molecule has 2 aliphatic rings. The number of nitrogens with one attached hydrogen (secondary N) is 1. The summed E-state index contributed by atoms with van der Waals surface area (Å²) >= 11 is 0. The van der Waals surface area contributed by atoms with E-state index in [4.69, 9.17) is 0 Å². The molecule has 1 saturated heterocycles. The smallest absolute Gasteiger partial charge is 0.348 e. The minimum absolute atomic E-state index is 0.0950. The Morgan fingerprint density at radius 2 is 1.92 bits per heavy atom. The van der Waals surface area contributed by atoms with E-state index in [1.165, 1.54) is 18.9 Å². The van der Waals surface area contributed by atoms with Crippen LogP contribution in [0, 0.1) is 0 Å². The Bertz CT molecular complexity index is 624. The number of carbonyl (C=O) groups excluding carboxylic acids is 1. The van der Waals surface area contributed by atoms with E-state index in [0.717, 1.165) is 44.5 Å². The summed E-state index contributed by atoms with van der Waals surface area (Å²) in [6.07, 6.45) is 1.53. The maximum absolute atomic E-state index is 12.9. The minimum atomic E-state index is -4.38. The van der Waals surface area contributed by atoms with E-state index >= 15 is 0 Å². The lowest BCUT2D eigenvalue weighted by atomic mass is 10.00. The Morgan fingerprint density at radius 1 is 1.20 bits per heavy atom. The van der Waals surface area contributed by atoms with Crippen molar-refractivity contribution >= 4 is 5.91 Å². The zero-order chi connectivity index (χ0) is 18.0. The van der Waals surface area contributed by atoms with Crippen LogP contribution in [0.15, 0.2) is 18.2 Å². The molecule has 2 atom stereocenters. The summed E-state index contributed by atoms with van der Waals surface area (Å²) in [5.41, 5.74) is 0.113. The number of benzene rings is 1. The van der Waals surface area contributed by atoms with Gasteiger partial charge in [0.2, 0.25) is 0 Å². The van der Waals surface area contributed by atoms with Crippen molar-refractivity contribution in [2.45, 2.75) is 63.7 Å². The third-order valence-electron chi connectivity index (χ3n) is 5.46. The van der Waals surface area contributed by atoms with Gasteiger partial charge in [-0.15, -0.1) is 0 Å². The molecule has 0 unspecified atom stereocenters. The fourth-order valence-corrected chi connectivity index (χ4v) is 4.15. The average Bonchev–Trinajstić information content (AvgIpc) is 3.24. The number of carbonyl (C=O) groups is 1. The Hall–Kier alpha value is -1.56. The molecule has 1 aliphatic carbocycles. The second-order valence-corrected chi connectivity index (χ2v) is 7.04. The Kier molecular flexibility index (Phi) is 5.37. The average molecular weight is 354 g/mol. The van der Waals surface area contributed by atoms with Gasteiger partial charge >= 0.3 is 6.18 Å². The highest BCUT2D eigenvalue weighted by Crippen LogP contribution is 2.31. The number of amides is 1. The molecule has 138 valence electrons. The summed E-state index contributed by atoms with van der Waals surface area (Å²) in [5, 5.41) is 3.09. The van der Waals surface area contributed by atoms with Crippen molar-refractivity contribution in [2.24, 2.45) is 0 Å². The lowest BCUT2D eigenvalue weighted by molar-refractivity contribution is -0.137. The topological polar surface area (TPSA) is 32.3 Å². The van der Waals surface area contributed by atoms with Gasteiger partial charge < -0.3 is 5.32 Å². The molecule has 2 fully saturated rings. The van der Waals surface area contributed by atoms with Gasteiger partial charge in [0, 0.05) is 17.6 Å². The van der Waals surface area contributed by atoms with Gasteiger partial charge in [0.05, 0.1) is 5.56 Å². The summed E-state index contributed by atoms with van der Waals surface area (Å²) in [4.78, 5) is 15.1. The molecule has 0 bridgehead atoms. The number of rotatable bonds is 4. The highest BCUT2D eigenvalue weighted by Gasteiger charge is 2.35. The number of hydrogen-bond donors (Lipinski definition) is 1. The van der Waals surface area contributed by atoms with Crippen LogP contribution in [0.5, 0.6) is 0 Å². The number of nitrogens with zero attached hydrogens (tertiary/aromatic N) is 1. The third kappa shape index (κ3) is 4.00. The van der Waals surface area contributed by atoms with Crippen molar-refractivity contribution in [3.8, 4) is 0 Å². The van der Waals surface area contributed by atoms with E-state index in [-0.39, 0.29) is 11.9 Å². The number of halogens is 3. The fraction of sp³-hybridized carbons (Fsp3) is 0.632. The minimum Gasteiger partial charge on any atom is -0.348 e. The molecule has 1 aromatic rings. The lowest BCUT2D eigenvalue weighted by Gasteiger charge is -2.30. The Balaban J connectivity index is 1.74. The first-order valence-electron chi connectivity index (χ1n) is 9.15. The van der Waals surface area contributed by atoms with E-state index in [9.17, 15) is 18.0 Å². The van der Waals surface area contributed by atoms with E-state index in [1.54, 1.807) is 6.92 Å². The Morgan fingerprint density at radius 3 is 2.56 bits per heavy atom. The molecule has 0 aromatic heterocycles. The maximum Gasteiger partial charge on any atom is 0.416 e. The standard InChI is InChI=1S/C19H25F3N2O/c1-2-13-12-14(19(20,21)22)8-9-15(13)18(25)23-16-6-5-7-17(16)24-10-3-4-11-24/h8-9,12,16-17H,2-7,10-11H2,1H3,(H,23,25)/t16-,17+/m1/s1. The van der Waals surface area contributed by atoms with Crippen LogP contribution in [-0.2, 0) is 12.6 Å². The van der Waals surface area contributed by atoms with E-state index in [2.05, 4.69) is 10.2 Å². The van der Waals surface area contributed by atoms with Gasteiger partial charge in [-0.05, 0) is 75.4 Å². The van der Waals surface area contributed by atoms with Gasteiger partial charge in [-0.1, -0.05) is 6.92 Å². The molecule has 3 rings (SSSR count). The van der Waals surface area contributed by atoms with Crippen LogP contribution < -0.4 is 5.32 Å². The van der Waals surface area contributed by atoms with E-state index in [1.807, 2.05) is 0 Å². The normalized spacial score (nSPS) is 24.6. The first kappa shape index (κ1) is 18.2. The van der Waals surface area contributed by atoms with Gasteiger partial charge in [-0.2, -0.15) is 13.2 Å². The highest BCUT2D eigenvalue weighted by atomic mass is 19.4. The second-order valence-electron chi connectivity index (χ2n) is 7.04. The number of aryl methyl sites for hydroxylation is 1. The number of hydrogen-bond acceptors (Lipinski definition) is 2.